The van der Waals surface area contributed by atoms with E-state index in [0.717, 1.165) is 11.3 Å². The first-order valence-electron chi connectivity index (χ1n) is 6.86. The van der Waals surface area contributed by atoms with Crippen LogP contribution < -0.4 is 4.74 Å². The Kier molecular flexibility index (Phi) is 3.49. The summed E-state index contributed by atoms with van der Waals surface area (Å²) in [6, 6.07) is 7.29. The van der Waals surface area contributed by atoms with E-state index in [1.54, 1.807) is 7.05 Å². The van der Waals surface area contributed by atoms with Gasteiger partial charge in [0.1, 0.15) is 12.4 Å². The molecule has 0 saturated carbocycles. The van der Waals surface area contributed by atoms with Crippen LogP contribution in [0.1, 0.15) is 12.0 Å². The summed E-state index contributed by atoms with van der Waals surface area (Å²) in [5.74, 6) is 0.819. The smallest absolute Gasteiger partial charge is 0.253 e. The minimum Gasteiger partial charge on any atom is -0.488 e. The zero-order valence-electron chi connectivity index (χ0n) is 11.8. The van der Waals surface area contributed by atoms with Crippen molar-refractivity contribution in [2.45, 2.75) is 12.5 Å². The molecule has 0 spiro atoms. The number of likely N-dealkylation sites (N-methyl/N-ethyl adjacent to an activating group) is 1. The Hall–Kier alpha value is -1.82. The van der Waals surface area contributed by atoms with Crippen LogP contribution in [0.5, 0.6) is 5.75 Å². The predicted octanol–water partition coefficient (Wildman–Crippen LogP) is 1.11. The van der Waals surface area contributed by atoms with Gasteiger partial charge in [-0.05, 0) is 18.6 Å². The normalized spacial score (nSPS) is 22.9. The monoisotopic (exact) mass is 307 g/mol. The standard InChI is InChI=1S/C15H17NO4S/c1-16(13-6-7-21(18,19)10-13)15(17)12-8-11-4-2-3-5-14(11)20-9-12/h2-5,8,13H,6-7,9-10H2,1H3/t13-/m1/s1. The van der Waals surface area contributed by atoms with Crippen molar-refractivity contribution in [3.63, 3.8) is 0 Å². The number of benzene rings is 1. The van der Waals surface area contributed by atoms with Gasteiger partial charge in [0, 0.05) is 18.7 Å². The van der Waals surface area contributed by atoms with Crippen LogP contribution in [0.15, 0.2) is 29.8 Å². The molecule has 2 heterocycles. The molecule has 1 fully saturated rings. The molecular formula is C15H17NO4S. The van der Waals surface area contributed by atoms with Crippen molar-refractivity contribution in [3.05, 3.63) is 35.4 Å². The second-order valence-electron chi connectivity index (χ2n) is 5.47. The van der Waals surface area contributed by atoms with Crippen molar-refractivity contribution < 1.29 is 17.9 Å². The van der Waals surface area contributed by atoms with Crippen LogP contribution >= 0.6 is 0 Å². The number of nitrogens with zero attached hydrogens (tertiary/aromatic N) is 1. The molecule has 2 aliphatic heterocycles. The molecule has 2 aliphatic rings. The molecule has 0 aromatic heterocycles. The molecule has 6 heteroatoms. The summed E-state index contributed by atoms with van der Waals surface area (Å²) in [7, 11) is -1.34. The van der Waals surface area contributed by atoms with E-state index in [0.29, 0.717) is 12.0 Å². The molecule has 0 radical (unpaired) electrons. The number of carbonyl (C=O) groups is 1. The maximum absolute atomic E-state index is 12.5. The highest BCUT2D eigenvalue weighted by atomic mass is 32.2. The number of hydrogen-bond donors (Lipinski definition) is 0. The van der Waals surface area contributed by atoms with Crippen molar-refractivity contribution in [1.29, 1.82) is 0 Å². The fourth-order valence-corrected chi connectivity index (χ4v) is 4.49. The van der Waals surface area contributed by atoms with Gasteiger partial charge in [-0.15, -0.1) is 0 Å². The molecule has 1 amide bonds. The lowest BCUT2D eigenvalue weighted by Gasteiger charge is -2.26. The highest BCUT2D eigenvalue weighted by Crippen LogP contribution is 2.27. The maximum atomic E-state index is 12.5. The second kappa shape index (κ2) is 5.18. The predicted molar refractivity (Wildman–Crippen MR) is 79.7 cm³/mol. The Morgan fingerprint density at radius 2 is 2.10 bits per heavy atom. The highest BCUT2D eigenvalue weighted by molar-refractivity contribution is 7.91. The van der Waals surface area contributed by atoms with Gasteiger partial charge in [0.25, 0.3) is 5.91 Å². The Morgan fingerprint density at radius 3 is 2.81 bits per heavy atom. The van der Waals surface area contributed by atoms with Crippen LogP contribution in [0.4, 0.5) is 0 Å². The minimum absolute atomic E-state index is 0.0555. The molecule has 112 valence electrons. The highest BCUT2D eigenvalue weighted by Gasteiger charge is 2.34. The first-order chi connectivity index (χ1) is 9.96. The maximum Gasteiger partial charge on any atom is 0.253 e. The molecule has 1 aromatic carbocycles. The quantitative estimate of drug-likeness (QED) is 0.821. The van der Waals surface area contributed by atoms with E-state index in [1.807, 2.05) is 30.3 Å². The molecule has 0 aliphatic carbocycles. The van der Waals surface area contributed by atoms with E-state index in [1.165, 1.54) is 4.90 Å². The molecule has 1 aromatic rings. The van der Waals surface area contributed by atoms with E-state index in [-0.39, 0.29) is 30.1 Å². The Morgan fingerprint density at radius 1 is 1.33 bits per heavy atom. The zero-order valence-corrected chi connectivity index (χ0v) is 12.6. The molecule has 1 saturated heterocycles. The lowest BCUT2D eigenvalue weighted by molar-refractivity contribution is -0.127. The van der Waals surface area contributed by atoms with Gasteiger partial charge < -0.3 is 9.64 Å². The first kappa shape index (κ1) is 14.1. The van der Waals surface area contributed by atoms with Gasteiger partial charge in [0.05, 0.1) is 17.1 Å². The van der Waals surface area contributed by atoms with Crippen LogP contribution in [0.25, 0.3) is 6.08 Å². The summed E-state index contributed by atoms with van der Waals surface area (Å²) in [4.78, 5) is 14.0. The summed E-state index contributed by atoms with van der Waals surface area (Å²) in [5, 5.41) is 0. The molecule has 1 atom stereocenters. The first-order valence-corrected chi connectivity index (χ1v) is 8.68. The van der Waals surface area contributed by atoms with E-state index < -0.39 is 9.84 Å². The van der Waals surface area contributed by atoms with Crippen molar-refractivity contribution in [2.24, 2.45) is 0 Å². The van der Waals surface area contributed by atoms with Crippen LogP contribution in [-0.2, 0) is 14.6 Å². The molecule has 21 heavy (non-hydrogen) atoms. The molecule has 0 N–H and O–H groups in total. The Balaban J connectivity index is 1.79. The molecule has 0 unspecified atom stereocenters. The summed E-state index contributed by atoms with van der Waals surface area (Å²) in [6.07, 6.45) is 2.33. The van der Waals surface area contributed by atoms with Crippen molar-refractivity contribution in [1.82, 2.24) is 4.90 Å². The minimum atomic E-state index is -3.00. The van der Waals surface area contributed by atoms with Gasteiger partial charge in [0.2, 0.25) is 0 Å². The van der Waals surface area contributed by atoms with E-state index in [9.17, 15) is 13.2 Å². The third-order valence-corrected chi connectivity index (χ3v) is 5.73. The lowest BCUT2D eigenvalue weighted by atomic mass is 10.1. The van der Waals surface area contributed by atoms with Crippen molar-refractivity contribution >= 4 is 21.8 Å². The van der Waals surface area contributed by atoms with Gasteiger partial charge in [-0.2, -0.15) is 0 Å². The largest absolute Gasteiger partial charge is 0.488 e. The molecule has 3 rings (SSSR count). The zero-order chi connectivity index (χ0) is 15.0. The van der Waals surface area contributed by atoms with Gasteiger partial charge in [0.15, 0.2) is 9.84 Å². The summed E-state index contributed by atoms with van der Waals surface area (Å²) < 4.78 is 28.6. The number of carbonyl (C=O) groups excluding carboxylic acids is 1. The van der Waals surface area contributed by atoms with Gasteiger partial charge in [-0.3, -0.25) is 4.79 Å². The van der Waals surface area contributed by atoms with E-state index in [4.69, 9.17) is 4.74 Å². The topological polar surface area (TPSA) is 63.7 Å². The number of amides is 1. The SMILES string of the molecule is CN(C(=O)C1=Cc2ccccc2OC1)[C@@H]1CCS(=O)(=O)C1. The van der Waals surface area contributed by atoms with Crippen molar-refractivity contribution in [2.75, 3.05) is 25.2 Å². The van der Waals surface area contributed by atoms with Crippen molar-refractivity contribution in [3.8, 4) is 5.75 Å². The van der Waals surface area contributed by atoms with Gasteiger partial charge >= 0.3 is 0 Å². The third-order valence-electron chi connectivity index (χ3n) is 3.98. The molecular weight excluding hydrogens is 290 g/mol. The van der Waals surface area contributed by atoms with E-state index >= 15 is 0 Å². The molecule has 0 bridgehead atoms. The second-order valence-corrected chi connectivity index (χ2v) is 7.70. The number of rotatable bonds is 2. The molecule has 5 nitrogen and oxygen atoms in total. The average molecular weight is 307 g/mol. The fraction of sp³-hybridized carbons (Fsp3) is 0.400. The number of para-hydroxylation sites is 1. The number of hydrogen-bond acceptors (Lipinski definition) is 4. The average Bonchev–Trinajstić information content (AvgIpc) is 2.85. The third kappa shape index (κ3) is 2.81. The summed E-state index contributed by atoms with van der Waals surface area (Å²) >= 11 is 0. The summed E-state index contributed by atoms with van der Waals surface area (Å²) in [5.41, 5.74) is 1.43. The number of ether oxygens (including phenoxy) is 1. The lowest BCUT2D eigenvalue weighted by Crippen LogP contribution is -2.39. The van der Waals surface area contributed by atoms with Crippen LogP contribution in [0.3, 0.4) is 0 Å². The van der Waals surface area contributed by atoms with Crippen LogP contribution in [-0.4, -0.2) is 50.4 Å². The van der Waals surface area contributed by atoms with Gasteiger partial charge in [-0.25, -0.2) is 8.42 Å². The Labute approximate surface area is 124 Å². The van der Waals surface area contributed by atoms with Crippen LogP contribution in [0.2, 0.25) is 0 Å². The van der Waals surface area contributed by atoms with E-state index in [2.05, 4.69) is 0 Å². The summed E-state index contributed by atoms with van der Waals surface area (Å²) in [6.45, 7) is 0.222. The number of sulfone groups is 1. The Bertz CT molecular complexity index is 708. The fourth-order valence-electron chi connectivity index (χ4n) is 2.71. The number of fused-ring (bicyclic) bond motifs is 1. The van der Waals surface area contributed by atoms with Crippen LogP contribution in [0, 0.1) is 0 Å². The van der Waals surface area contributed by atoms with Gasteiger partial charge in [-0.1, -0.05) is 18.2 Å².